The number of hydrazone groups is 1. The van der Waals surface area contributed by atoms with E-state index in [0.717, 1.165) is 0 Å². The topological polar surface area (TPSA) is 73.1 Å². The number of benzene rings is 1. The van der Waals surface area contributed by atoms with Crippen molar-refractivity contribution in [1.82, 2.24) is 5.01 Å². The Hall–Kier alpha value is -2.09. The van der Waals surface area contributed by atoms with Crippen molar-refractivity contribution >= 4 is 11.6 Å². The SMILES string of the molecule is O=C(c1ccccc1O)N1N=C2CCCC[C@@H]2[C@]1(O)C(F)(F)F. The van der Waals surface area contributed by atoms with E-state index in [1.165, 1.54) is 24.3 Å². The van der Waals surface area contributed by atoms with Gasteiger partial charge in [-0.15, -0.1) is 0 Å². The average Bonchev–Trinajstić information content (AvgIpc) is 2.82. The van der Waals surface area contributed by atoms with E-state index >= 15 is 0 Å². The van der Waals surface area contributed by atoms with E-state index in [4.69, 9.17) is 0 Å². The van der Waals surface area contributed by atoms with Gasteiger partial charge in [-0.25, -0.2) is 0 Å². The Morgan fingerprint density at radius 2 is 2.00 bits per heavy atom. The molecule has 1 aliphatic heterocycles. The Bertz CT molecular complexity index is 674. The number of amides is 1. The van der Waals surface area contributed by atoms with Crippen LogP contribution < -0.4 is 0 Å². The van der Waals surface area contributed by atoms with Crippen LogP contribution in [0, 0.1) is 5.92 Å². The van der Waals surface area contributed by atoms with Crippen molar-refractivity contribution in [2.75, 3.05) is 0 Å². The molecule has 0 spiro atoms. The lowest BCUT2D eigenvalue weighted by Crippen LogP contribution is -2.61. The number of carbonyl (C=O) groups excluding carboxylic acids is 1. The molecule has 2 N–H and O–H groups in total. The van der Waals surface area contributed by atoms with E-state index in [2.05, 4.69) is 5.10 Å². The zero-order chi connectivity index (χ0) is 16.8. The van der Waals surface area contributed by atoms with Gasteiger partial charge in [0.1, 0.15) is 5.75 Å². The van der Waals surface area contributed by atoms with Gasteiger partial charge in [-0.05, 0) is 31.4 Å². The summed E-state index contributed by atoms with van der Waals surface area (Å²) in [5.74, 6) is -2.90. The van der Waals surface area contributed by atoms with Gasteiger partial charge in [-0.3, -0.25) is 4.79 Å². The number of aromatic hydroxyl groups is 1. The third-order valence-electron chi connectivity index (χ3n) is 4.36. The van der Waals surface area contributed by atoms with Gasteiger partial charge in [0, 0.05) is 5.71 Å². The van der Waals surface area contributed by atoms with Gasteiger partial charge in [-0.1, -0.05) is 18.6 Å². The number of aliphatic hydroxyl groups is 1. The number of alkyl halides is 3. The maximum atomic E-state index is 13.6. The van der Waals surface area contributed by atoms with Crippen molar-refractivity contribution in [2.24, 2.45) is 11.0 Å². The van der Waals surface area contributed by atoms with Crippen LogP contribution >= 0.6 is 0 Å². The molecule has 1 aromatic carbocycles. The summed E-state index contributed by atoms with van der Waals surface area (Å²) in [7, 11) is 0. The molecule has 2 atom stereocenters. The van der Waals surface area contributed by atoms with Crippen LogP contribution in [0.1, 0.15) is 36.0 Å². The number of hydrogen-bond acceptors (Lipinski definition) is 4. The zero-order valence-corrected chi connectivity index (χ0v) is 12.0. The zero-order valence-electron chi connectivity index (χ0n) is 12.0. The number of fused-ring (bicyclic) bond motifs is 1. The van der Waals surface area contributed by atoms with Gasteiger partial charge in [0.2, 0.25) is 0 Å². The average molecular weight is 328 g/mol. The van der Waals surface area contributed by atoms with E-state index in [0.29, 0.717) is 19.3 Å². The molecule has 0 radical (unpaired) electrons. The van der Waals surface area contributed by atoms with Crippen LogP contribution in [0.4, 0.5) is 13.2 Å². The lowest BCUT2D eigenvalue weighted by Gasteiger charge is -2.38. The molecule has 0 saturated heterocycles. The van der Waals surface area contributed by atoms with Crippen molar-refractivity contribution in [1.29, 1.82) is 0 Å². The largest absolute Gasteiger partial charge is 0.507 e. The number of halogens is 3. The third-order valence-corrected chi connectivity index (χ3v) is 4.36. The second kappa shape index (κ2) is 5.23. The maximum absolute atomic E-state index is 13.6. The van der Waals surface area contributed by atoms with E-state index in [-0.39, 0.29) is 22.7 Å². The molecule has 23 heavy (non-hydrogen) atoms. The number of rotatable bonds is 1. The molecule has 5 nitrogen and oxygen atoms in total. The Kier molecular flexibility index (Phi) is 3.59. The predicted molar refractivity (Wildman–Crippen MR) is 74.7 cm³/mol. The van der Waals surface area contributed by atoms with E-state index in [1.807, 2.05) is 0 Å². The molecule has 1 saturated carbocycles. The lowest BCUT2D eigenvalue weighted by molar-refractivity contribution is -0.312. The van der Waals surface area contributed by atoms with Crippen molar-refractivity contribution in [2.45, 2.75) is 37.6 Å². The smallest absolute Gasteiger partial charge is 0.439 e. The molecular weight excluding hydrogens is 313 g/mol. The normalized spacial score (nSPS) is 27.6. The Balaban J connectivity index is 2.07. The summed E-state index contributed by atoms with van der Waals surface area (Å²) in [4.78, 5) is 12.5. The molecule has 1 aromatic rings. The Labute approximate surface area is 130 Å². The van der Waals surface area contributed by atoms with Gasteiger partial charge in [0.25, 0.3) is 11.6 Å². The first-order valence-electron chi connectivity index (χ1n) is 7.26. The summed E-state index contributed by atoms with van der Waals surface area (Å²) in [6.45, 7) is 0. The van der Waals surface area contributed by atoms with E-state index in [9.17, 15) is 28.2 Å². The van der Waals surface area contributed by atoms with Crippen LogP contribution in [0.15, 0.2) is 29.4 Å². The predicted octanol–water partition coefficient (Wildman–Crippen LogP) is 2.65. The summed E-state index contributed by atoms with van der Waals surface area (Å²) >= 11 is 0. The van der Waals surface area contributed by atoms with Gasteiger partial charge >= 0.3 is 6.18 Å². The number of carbonyl (C=O) groups is 1. The monoisotopic (exact) mass is 328 g/mol. The molecule has 1 fully saturated rings. The van der Waals surface area contributed by atoms with Crippen molar-refractivity contribution in [3.05, 3.63) is 29.8 Å². The lowest BCUT2D eigenvalue weighted by atomic mass is 9.80. The molecule has 0 bridgehead atoms. The van der Waals surface area contributed by atoms with Crippen LogP contribution in [0.5, 0.6) is 5.75 Å². The van der Waals surface area contributed by atoms with Gasteiger partial charge in [-0.2, -0.15) is 23.3 Å². The van der Waals surface area contributed by atoms with Gasteiger partial charge in [0.05, 0.1) is 11.5 Å². The fourth-order valence-electron chi connectivity index (χ4n) is 3.19. The number of hydrogen-bond donors (Lipinski definition) is 2. The van der Waals surface area contributed by atoms with Crippen LogP contribution in [-0.2, 0) is 0 Å². The molecule has 1 amide bonds. The number of para-hydroxylation sites is 1. The maximum Gasteiger partial charge on any atom is 0.439 e. The molecule has 1 aliphatic carbocycles. The first-order valence-corrected chi connectivity index (χ1v) is 7.26. The van der Waals surface area contributed by atoms with Crippen LogP contribution in [0.3, 0.4) is 0 Å². The highest BCUT2D eigenvalue weighted by Crippen LogP contribution is 2.48. The molecular formula is C15H15F3N2O3. The van der Waals surface area contributed by atoms with Crippen molar-refractivity contribution in [3.8, 4) is 5.75 Å². The fraction of sp³-hybridized carbons (Fsp3) is 0.467. The second-order valence-corrected chi connectivity index (χ2v) is 5.75. The number of nitrogens with zero attached hydrogens (tertiary/aromatic N) is 2. The molecule has 0 unspecified atom stereocenters. The molecule has 2 aliphatic rings. The first-order chi connectivity index (χ1) is 10.8. The van der Waals surface area contributed by atoms with E-state index < -0.39 is 29.5 Å². The minimum Gasteiger partial charge on any atom is -0.507 e. The molecule has 0 aromatic heterocycles. The summed E-state index contributed by atoms with van der Waals surface area (Å²) in [5, 5.41) is 24.0. The Morgan fingerprint density at radius 3 is 2.65 bits per heavy atom. The third kappa shape index (κ3) is 2.28. The standard InChI is InChI=1S/C15H15F3N2O3/c16-15(17,18)14(23)10-6-2-3-7-11(10)19-20(14)13(22)9-5-1-4-8-12(9)21/h1,4-5,8,10,21,23H,2-3,6-7H2/t10-,14-/m0/s1. The van der Waals surface area contributed by atoms with Gasteiger partial charge in [0.15, 0.2) is 0 Å². The first kappa shape index (κ1) is 15.8. The summed E-state index contributed by atoms with van der Waals surface area (Å²) in [6.07, 6.45) is -3.43. The van der Waals surface area contributed by atoms with Crippen LogP contribution in [-0.4, -0.2) is 38.7 Å². The molecule has 1 heterocycles. The summed E-state index contributed by atoms with van der Waals surface area (Å²) in [5.41, 5.74) is -3.53. The second-order valence-electron chi connectivity index (χ2n) is 5.75. The number of phenols is 1. The fourth-order valence-corrected chi connectivity index (χ4v) is 3.19. The molecule has 3 rings (SSSR count). The van der Waals surface area contributed by atoms with Crippen LogP contribution in [0.2, 0.25) is 0 Å². The van der Waals surface area contributed by atoms with Crippen molar-refractivity contribution < 1.29 is 28.2 Å². The highest BCUT2D eigenvalue weighted by molar-refractivity contribution is 6.01. The summed E-state index contributed by atoms with van der Waals surface area (Å²) in [6, 6.07) is 5.24. The Morgan fingerprint density at radius 1 is 1.30 bits per heavy atom. The summed E-state index contributed by atoms with van der Waals surface area (Å²) < 4.78 is 40.7. The molecule has 124 valence electrons. The minimum atomic E-state index is -5.06. The molecule has 8 heteroatoms. The number of phenolic OH excluding ortho intramolecular Hbond substituents is 1. The van der Waals surface area contributed by atoms with Gasteiger partial charge < -0.3 is 10.2 Å². The minimum absolute atomic E-state index is 0.0906. The highest BCUT2D eigenvalue weighted by Gasteiger charge is 2.68. The van der Waals surface area contributed by atoms with Crippen molar-refractivity contribution in [3.63, 3.8) is 0 Å². The quantitative estimate of drug-likeness (QED) is 0.832. The highest BCUT2D eigenvalue weighted by atomic mass is 19.4. The van der Waals surface area contributed by atoms with E-state index in [1.54, 1.807) is 0 Å². The van der Waals surface area contributed by atoms with Crippen LogP contribution in [0.25, 0.3) is 0 Å².